The van der Waals surface area contributed by atoms with Crippen LogP contribution < -0.4 is 10.6 Å². The van der Waals surface area contributed by atoms with E-state index in [1.165, 1.54) is 35.2 Å². The van der Waals surface area contributed by atoms with Crippen molar-refractivity contribution in [2.24, 2.45) is 0 Å². The van der Waals surface area contributed by atoms with Gasteiger partial charge >= 0.3 is 6.18 Å². The molecule has 0 spiro atoms. The smallest absolute Gasteiger partial charge is 0.325 e. The SMILES string of the molecule is O=C(CSc1nc2ccc(NC(=O)c3ccccc3Cl)cc2s1)Nc1cccc(C(F)(F)F)c1. The molecule has 1 aromatic heterocycles. The van der Waals surface area contributed by atoms with Crippen LogP contribution in [0.1, 0.15) is 15.9 Å². The maximum atomic E-state index is 12.8. The molecule has 2 N–H and O–H groups in total. The number of hydrogen-bond donors (Lipinski definition) is 2. The lowest BCUT2D eigenvalue weighted by atomic mass is 10.2. The average molecular weight is 522 g/mol. The van der Waals surface area contributed by atoms with Crippen molar-refractivity contribution in [1.29, 1.82) is 0 Å². The van der Waals surface area contributed by atoms with Gasteiger partial charge in [0.15, 0.2) is 4.34 Å². The summed E-state index contributed by atoms with van der Waals surface area (Å²) < 4.78 is 39.9. The Balaban J connectivity index is 1.38. The molecule has 3 aromatic carbocycles. The first-order valence-electron chi connectivity index (χ1n) is 9.75. The standard InChI is InChI=1S/C23H15ClF3N3O2S2/c24-17-7-2-1-6-16(17)21(32)29-15-8-9-18-19(11-15)34-22(30-18)33-12-20(31)28-14-5-3-4-13(10-14)23(25,26)27/h1-11H,12H2,(H,28,31)(H,29,32). The van der Waals surface area contributed by atoms with E-state index in [2.05, 4.69) is 15.6 Å². The largest absolute Gasteiger partial charge is 0.416 e. The van der Waals surface area contributed by atoms with E-state index in [0.717, 1.165) is 16.8 Å². The number of alkyl halides is 3. The molecular formula is C23H15ClF3N3O2S2. The highest BCUT2D eigenvalue weighted by Crippen LogP contribution is 2.33. The fraction of sp³-hybridized carbons (Fsp3) is 0.0870. The van der Waals surface area contributed by atoms with Gasteiger partial charge in [0, 0.05) is 11.4 Å². The van der Waals surface area contributed by atoms with Gasteiger partial charge in [-0.3, -0.25) is 9.59 Å². The third-order valence-electron chi connectivity index (χ3n) is 4.55. The summed E-state index contributed by atoms with van der Waals surface area (Å²) in [7, 11) is 0. The number of thiazole rings is 1. The average Bonchev–Trinajstić information content (AvgIpc) is 3.20. The van der Waals surface area contributed by atoms with Gasteiger partial charge in [-0.2, -0.15) is 13.2 Å². The van der Waals surface area contributed by atoms with Crippen LogP contribution in [0.15, 0.2) is 71.1 Å². The maximum Gasteiger partial charge on any atom is 0.416 e. The molecule has 0 bridgehead atoms. The highest BCUT2D eigenvalue weighted by Gasteiger charge is 2.30. The van der Waals surface area contributed by atoms with E-state index in [1.807, 2.05) is 0 Å². The number of halogens is 4. The lowest BCUT2D eigenvalue weighted by Gasteiger charge is -2.09. The number of fused-ring (bicyclic) bond motifs is 1. The lowest BCUT2D eigenvalue weighted by Crippen LogP contribution is -2.14. The minimum Gasteiger partial charge on any atom is -0.325 e. The highest BCUT2D eigenvalue weighted by atomic mass is 35.5. The van der Waals surface area contributed by atoms with Gasteiger partial charge in [-0.05, 0) is 48.5 Å². The van der Waals surface area contributed by atoms with Crippen LogP contribution in [0, 0.1) is 0 Å². The predicted molar refractivity (Wildman–Crippen MR) is 130 cm³/mol. The molecule has 11 heteroatoms. The molecule has 0 aliphatic heterocycles. The van der Waals surface area contributed by atoms with Gasteiger partial charge in [-0.25, -0.2) is 4.98 Å². The van der Waals surface area contributed by atoms with E-state index in [9.17, 15) is 22.8 Å². The summed E-state index contributed by atoms with van der Waals surface area (Å²) in [6.45, 7) is 0. The van der Waals surface area contributed by atoms with Crippen molar-refractivity contribution in [3.05, 3.63) is 82.9 Å². The van der Waals surface area contributed by atoms with E-state index in [1.54, 1.807) is 42.5 Å². The maximum absolute atomic E-state index is 12.8. The number of anilines is 2. The molecule has 5 nitrogen and oxygen atoms in total. The summed E-state index contributed by atoms with van der Waals surface area (Å²) in [4.78, 5) is 29.1. The molecule has 0 saturated carbocycles. The summed E-state index contributed by atoms with van der Waals surface area (Å²) in [5, 5.41) is 5.61. The molecule has 2 amide bonds. The Morgan fingerprint density at radius 2 is 1.74 bits per heavy atom. The number of benzene rings is 3. The third kappa shape index (κ3) is 5.88. The van der Waals surface area contributed by atoms with Crippen molar-refractivity contribution < 1.29 is 22.8 Å². The van der Waals surface area contributed by atoms with Gasteiger partial charge in [-0.15, -0.1) is 11.3 Å². The second-order valence-electron chi connectivity index (χ2n) is 7.01. The van der Waals surface area contributed by atoms with E-state index < -0.39 is 17.6 Å². The van der Waals surface area contributed by atoms with Crippen molar-refractivity contribution in [3.8, 4) is 0 Å². The molecule has 4 aromatic rings. The van der Waals surface area contributed by atoms with Crippen LogP contribution in [-0.4, -0.2) is 22.6 Å². The Morgan fingerprint density at radius 3 is 2.50 bits per heavy atom. The van der Waals surface area contributed by atoms with Gasteiger partial charge in [-0.1, -0.05) is 41.6 Å². The van der Waals surface area contributed by atoms with Crippen LogP contribution in [0.2, 0.25) is 5.02 Å². The van der Waals surface area contributed by atoms with Crippen molar-refractivity contribution in [2.45, 2.75) is 10.5 Å². The Bertz CT molecular complexity index is 1380. The summed E-state index contributed by atoms with van der Waals surface area (Å²) in [5.74, 6) is -0.807. The Kier molecular flexibility index (Phi) is 7.11. The molecule has 34 heavy (non-hydrogen) atoms. The Morgan fingerprint density at radius 1 is 0.971 bits per heavy atom. The summed E-state index contributed by atoms with van der Waals surface area (Å²) in [6.07, 6.45) is -4.48. The molecule has 0 atom stereocenters. The minimum atomic E-state index is -4.48. The highest BCUT2D eigenvalue weighted by molar-refractivity contribution is 8.01. The van der Waals surface area contributed by atoms with Crippen LogP contribution >= 0.6 is 34.7 Å². The Hall–Kier alpha value is -3.08. The first-order valence-corrected chi connectivity index (χ1v) is 11.9. The normalized spacial score (nSPS) is 11.4. The first-order chi connectivity index (χ1) is 16.2. The number of amides is 2. The predicted octanol–water partition coefficient (Wildman–Crippen LogP) is 6.95. The van der Waals surface area contributed by atoms with Crippen LogP contribution in [0.25, 0.3) is 10.2 Å². The zero-order valence-electron chi connectivity index (χ0n) is 17.2. The summed E-state index contributed by atoms with van der Waals surface area (Å²) in [5.41, 5.74) is 0.864. The number of thioether (sulfide) groups is 1. The zero-order valence-corrected chi connectivity index (χ0v) is 19.5. The Labute approximate surface area is 205 Å². The third-order valence-corrected chi connectivity index (χ3v) is 7.04. The van der Waals surface area contributed by atoms with Crippen molar-refractivity contribution >= 4 is 68.1 Å². The van der Waals surface area contributed by atoms with E-state index in [-0.39, 0.29) is 17.3 Å². The molecule has 174 valence electrons. The van der Waals surface area contributed by atoms with Crippen molar-refractivity contribution in [2.75, 3.05) is 16.4 Å². The van der Waals surface area contributed by atoms with Crippen LogP contribution in [0.5, 0.6) is 0 Å². The van der Waals surface area contributed by atoms with Crippen LogP contribution in [0.4, 0.5) is 24.5 Å². The number of nitrogens with zero attached hydrogens (tertiary/aromatic N) is 1. The monoisotopic (exact) mass is 521 g/mol. The molecule has 0 radical (unpaired) electrons. The number of rotatable bonds is 6. The van der Waals surface area contributed by atoms with Crippen LogP contribution in [0.3, 0.4) is 0 Å². The van der Waals surface area contributed by atoms with Crippen molar-refractivity contribution in [1.82, 2.24) is 4.98 Å². The van der Waals surface area contributed by atoms with Crippen LogP contribution in [-0.2, 0) is 11.0 Å². The molecule has 0 fully saturated rings. The molecule has 4 rings (SSSR count). The molecular weight excluding hydrogens is 507 g/mol. The molecule has 0 saturated heterocycles. The fourth-order valence-corrected chi connectivity index (χ4v) is 5.11. The fourth-order valence-electron chi connectivity index (χ4n) is 2.98. The van der Waals surface area contributed by atoms with E-state index >= 15 is 0 Å². The van der Waals surface area contributed by atoms with Gasteiger partial charge in [0.2, 0.25) is 5.91 Å². The van der Waals surface area contributed by atoms with Gasteiger partial charge in [0.1, 0.15) is 0 Å². The van der Waals surface area contributed by atoms with Gasteiger partial charge in [0.05, 0.1) is 32.1 Å². The minimum absolute atomic E-state index is 0.0217. The topological polar surface area (TPSA) is 71.1 Å². The van der Waals surface area contributed by atoms with E-state index in [0.29, 0.717) is 26.1 Å². The first kappa shape index (κ1) is 24.1. The number of carbonyl (C=O) groups is 2. The molecule has 0 unspecified atom stereocenters. The number of hydrogen-bond acceptors (Lipinski definition) is 5. The zero-order chi connectivity index (χ0) is 24.3. The number of carbonyl (C=O) groups excluding carboxylic acids is 2. The molecule has 0 aliphatic rings. The quantitative estimate of drug-likeness (QED) is 0.269. The number of aromatic nitrogens is 1. The van der Waals surface area contributed by atoms with Crippen molar-refractivity contribution in [3.63, 3.8) is 0 Å². The molecule has 1 heterocycles. The summed E-state index contributed by atoms with van der Waals surface area (Å²) >= 11 is 8.58. The lowest BCUT2D eigenvalue weighted by molar-refractivity contribution is -0.137. The molecule has 0 aliphatic carbocycles. The van der Waals surface area contributed by atoms with Gasteiger partial charge in [0.25, 0.3) is 5.91 Å². The number of nitrogens with one attached hydrogen (secondary N) is 2. The second-order valence-corrected chi connectivity index (χ2v) is 9.67. The van der Waals surface area contributed by atoms with E-state index in [4.69, 9.17) is 11.6 Å². The second kappa shape index (κ2) is 10.0. The van der Waals surface area contributed by atoms with Gasteiger partial charge < -0.3 is 10.6 Å². The summed E-state index contributed by atoms with van der Waals surface area (Å²) in [6, 6.07) is 16.4.